The minimum absolute atomic E-state index is 0.00488. The molecule has 4 aliphatic rings. The lowest BCUT2D eigenvalue weighted by Crippen LogP contribution is -2.75. The van der Waals surface area contributed by atoms with Crippen LogP contribution in [0.5, 0.6) is 11.5 Å². The van der Waals surface area contributed by atoms with E-state index in [2.05, 4.69) is 5.32 Å². The Balaban J connectivity index is 1.10. The fraction of sp³-hybridized carbons (Fsp3) is 0.417. The first-order valence-corrected chi connectivity index (χ1v) is 11.5. The van der Waals surface area contributed by atoms with E-state index in [0.29, 0.717) is 23.6 Å². The Labute approximate surface area is 200 Å². The molecule has 1 amide bonds. The molecule has 2 aromatic carbocycles. The first-order valence-electron chi connectivity index (χ1n) is 10.8. The highest BCUT2D eigenvalue weighted by molar-refractivity contribution is 6.31. The summed E-state index contributed by atoms with van der Waals surface area (Å²) in [5.74, 6) is 0.0102. The lowest BCUT2D eigenvalue weighted by Gasteiger charge is -2.70. The second-order valence-corrected chi connectivity index (χ2v) is 10.3. The summed E-state index contributed by atoms with van der Waals surface area (Å²) < 4.78 is 24.7. The topological polar surface area (TPSA) is 90.7 Å². The van der Waals surface area contributed by atoms with Crippen LogP contribution in [-0.2, 0) is 9.59 Å². The highest BCUT2D eigenvalue weighted by Gasteiger charge is 2.68. The van der Waals surface area contributed by atoms with Crippen molar-refractivity contribution >= 4 is 34.9 Å². The molecule has 2 bridgehead atoms. The largest absolute Gasteiger partial charge is 0.484 e. The van der Waals surface area contributed by atoms with Crippen molar-refractivity contribution in [3.05, 3.63) is 57.8 Å². The molecule has 0 spiro atoms. The van der Waals surface area contributed by atoms with E-state index in [1.54, 1.807) is 18.2 Å². The number of rotatable bonds is 7. The Morgan fingerprint density at radius 1 is 1.18 bits per heavy atom. The van der Waals surface area contributed by atoms with E-state index in [1.807, 2.05) is 0 Å². The third kappa shape index (κ3) is 4.29. The van der Waals surface area contributed by atoms with Crippen LogP contribution >= 0.6 is 23.2 Å². The van der Waals surface area contributed by atoms with Crippen LogP contribution in [0.3, 0.4) is 0 Å². The summed E-state index contributed by atoms with van der Waals surface area (Å²) in [4.78, 5) is 25.2. The third-order valence-electron chi connectivity index (χ3n) is 6.82. The van der Waals surface area contributed by atoms with Gasteiger partial charge in [-0.15, -0.1) is 0 Å². The summed E-state index contributed by atoms with van der Waals surface area (Å²) in [6, 6.07) is 8.99. The van der Waals surface area contributed by atoms with Gasteiger partial charge in [-0.25, -0.2) is 4.39 Å². The van der Waals surface area contributed by atoms with Crippen molar-refractivity contribution in [3.8, 4) is 11.5 Å². The molecular weight excluding hydrogens is 470 g/mol. The summed E-state index contributed by atoms with van der Waals surface area (Å²) in [7, 11) is 0. The number of nitrogens with one attached hydrogen (secondary N) is 1. The van der Waals surface area contributed by atoms with Crippen molar-refractivity contribution in [1.29, 1.82) is 0 Å². The maximum atomic E-state index is 13.5. The van der Waals surface area contributed by atoms with Crippen LogP contribution in [0, 0.1) is 11.2 Å². The predicted molar refractivity (Wildman–Crippen MR) is 121 cm³/mol. The van der Waals surface area contributed by atoms with E-state index in [1.165, 1.54) is 12.1 Å². The zero-order chi connectivity index (χ0) is 23.4. The number of halogens is 3. The highest BCUT2D eigenvalue weighted by Crippen LogP contribution is 2.69. The van der Waals surface area contributed by atoms with Gasteiger partial charge in [0.15, 0.2) is 18.5 Å². The normalized spacial score (nSPS) is 29.1. The number of benzene rings is 2. The van der Waals surface area contributed by atoms with Gasteiger partial charge >= 0.3 is 0 Å². The van der Waals surface area contributed by atoms with Crippen LogP contribution in [0.2, 0.25) is 10.0 Å². The van der Waals surface area contributed by atoms with Gasteiger partial charge in [-0.05, 0) is 55.0 Å². The van der Waals surface area contributed by atoms with Gasteiger partial charge in [-0.2, -0.15) is 0 Å². The lowest BCUT2D eigenvalue weighted by atomic mass is 9.38. The first kappa shape index (κ1) is 22.4. The van der Waals surface area contributed by atoms with E-state index >= 15 is 0 Å². The third-order valence-corrected chi connectivity index (χ3v) is 7.36. The smallest absolute Gasteiger partial charge is 0.258 e. The quantitative estimate of drug-likeness (QED) is 0.598. The van der Waals surface area contributed by atoms with E-state index in [9.17, 15) is 14.0 Å². The molecule has 0 aromatic heterocycles. The summed E-state index contributed by atoms with van der Waals surface area (Å²) >= 11 is 11.7. The number of carbonyl (C=O) groups is 2. The molecule has 3 N–H and O–H groups in total. The SMILES string of the molecule is NC1CC(C(=O)CC23CC(NC(=O)COc4ccc(Cl)c(F)c4)(C2)C3)Oc2ccc(Cl)cc21. The molecule has 174 valence electrons. The Morgan fingerprint density at radius 3 is 2.67 bits per heavy atom. The Kier molecular flexibility index (Phi) is 5.54. The Hall–Kier alpha value is -2.35. The molecule has 0 saturated heterocycles. The minimum atomic E-state index is -0.601. The first-order chi connectivity index (χ1) is 15.7. The molecule has 3 aliphatic carbocycles. The van der Waals surface area contributed by atoms with Crippen molar-refractivity contribution < 1.29 is 23.5 Å². The predicted octanol–water partition coefficient (Wildman–Crippen LogP) is 4.36. The summed E-state index contributed by atoms with van der Waals surface area (Å²) in [6.07, 6.45) is 2.51. The van der Waals surface area contributed by atoms with Gasteiger partial charge in [0.05, 0.1) is 5.02 Å². The molecule has 1 aliphatic heterocycles. The van der Waals surface area contributed by atoms with Crippen LogP contribution < -0.4 is 20.5 Å². The van der Waals surface area contributed by atoms with Gasteiger partial charge in [-0.3, -0.25) is 9.59 Å². The standard InChI is InChI=1S/C24H23Cl2FN2O4/c25-13-1-4-20-15(5-13)18(28)7-21(33-20)19(30)8-23-10-24(11-23,12-23)29-22(31)9-32-14-2-3-16(26)17(27)6-14/h1-6,18,21H,7-12,28H2,(H,29,31). The van der Waals surface area contributed by atoms with Crippen molar-refractivity contribution in [2.75, 3.05) is 6.61 Å². The van der Waals surface area contributed by atoms with Crippen molar-refractivity contribution in [2.45, 2.75) is 49.8 Å². The highest BCUT2D eigenvalue weighted by atomic mass is 35.5. The van der Waals surface area contributed by atoms with Gasteiger partial charge in [0.25, 0.3) is 5.91 Å². The molecule has 3 saturated carbocycles. The average Bonchev–Trinajstić information content (AvgIpc) is 2.72. The lowest BCUT2D eigenvalue weighted by molar-refractivity contribution is -0.175. The van der Waals surface area contributed by atoms with Crippen LogP contribution in [0.25, 0.3) is 0 Å². The van der Waals surface area contributed by atoms with Gasteiger partial charge in [0.2, 0.25) is 0 Å². The molecule has 9 heteroatoms. The number of ketones is 1. The molecule has 1 heterocycles. The van der Waals surface area contributed by atoms with E-state index in [-0.39, 0.29) is 46.1 Å². The van der Waals surface area contributed by atoms with Crippen LogP contribution in [0.4, 0.5) is 4.39 Å². The zero-order valence-electron chi connectivity index (χ0n) is 17.7. The number of hydrogen-bond acceptors (Lipinski definition) is 5. The van der Waals surface area contributed by atoms with Gasteiger partial charge < -0.3 is 20.5 Å². The van der Waals surface area contributed by atoms with E-state index < -0.39 is 11.9 Å². The zero-order valence-corrected chi connectivity index (χ0v) is 19.2. The molecule has 2 aromatic rings. The molecule has 0 radical (unpaired) electrons. The van der Waals surface area contributed by atoms with Gasteiger partial charge in [-0.1, -0.05) is 23.2 Å². The van der Waals surface area contributed by atoms with Crippen LogP contribution in [0.1, 0.15) is 43.7 Å². The average molecular weight is 493 g/mol. The maximum absolute atomic E-state index is 13.5. The number of nitrogens with two attached hydrogens (primary N) is 1. The molecular formula is C24H23Cl2FN2O4. The van der Waals surface area contributed by atoms with E-state index in [0.717, 1.165) is 30.9 Å². The number of carbonyl (C=O) groups excluding carboxylic acids is 2. The molecule has 2 unspecified atom stereocenters. The van der Waals surface area contributed by atoms with Gasteiger partial charge in [0.1, 0.15) is 17.3 Å². The number of amides is 1. The fourth-order valence-electron chi connectivity index (χ4n) is 5.52. The Bertz CT molecular complexity index is 1120. The summed E-state index contributed by atoms with van der Waals surface area (Å²) in [6.45, 7) is -0.216. The number of hydrogen-bond donors (Lipinski definition) is 2. The second kappa shape index (κ2) is 8.15. The van der Waals surface area contributed by atoms with Crippen LogP contribution in [-0.4, -0.2) is 29.9 Å². The molecule has 33 heavy (non-hydrogen) atoms. The van der Waals surface area contributed by atoms with Crippen molar-refractivity contribution in [3.63, 3.8) is 0 Å². The molecule has 2 atom stereocenters. The number of fused-ring (bicyclic) bond motifs is 1. The summed E-state index contributed by atoms with van der Waals surface area (Å²) in [5.41, 5.74) is 6.71. The molecule has 3 fully saturated rings. The van der Waals surface area contributed by atoms with E-state index in [4.69, 9.17) is 38.4 Å². The fourth-order valence-corrected chi connectivity index (χ4v) is 5.82. The van der Waals surface area contributed by atoms with Crippen molar-refractivity contribution in [1.82, 2.24) is 5.32 Å². The number of Topliss-reactive ketones (excluding diaryl/α,β-unsaturated/α-hetero) is 1. The van der Waals surface area contributed by atoms with Crippen LogP contribution in [0.15, 0.2) is 36.4 Å². The monoisotopic (exact) mass is 492 g/mol. The minimum Gasteiger partial charge on any atom is -0.484 e. The van der Waals surface area contributed by atoms with Crippen molar-refractivity contribution in [2.24, 2.45) is 11.1 Å². The maximum Gasteiger partial charge on any atom is 0.258 e. The number of ether oxygens (including phenoxy) is 2. The molecule has 6 nitrogen and oxygen atoms in total. The molecule has 6 rings (SSSR count). The summed E-state index contributed by atoms with van der Waals surface area (Å²) in [5, 5.41) is 3.58. The van der Waals surface area contributed by atoms with Gasteiger partial charge in [0, 0.05) is 41.1 Å². The Morgan fingerprint density at radius 2 is 1.94 bits per heavy atom. The second-order valence-electron chi connectivity index (χ2n) is 9.50.